The Morgan fingerprint density at radius 3 is 2.12 bits per heavy atom. The van der Waals surface area contributed by atoms with E-state index in [9.17, 15) is 9.59 Å². The third-order valence-electron chi connectivity index (χ3n) is 6.52. The molecule has 216 valence electrons. The highest BCUT2D eigenvalue weighted by Gasteiger charge is 2.16. The number of carbonyl (C=O) groups excluding carboxylic acids is 1. The van der Waals surface area contributed by atoms with Gasteiger partial charge in [-0.2, -0.15) is 0 Å². The van der Waals surface area contributed by atoms with Crippen LogP contribution in [0.2, 0.25) is 15.1 Å². The fraction of sp³-hybridized carbons (Fsp3) is 0.433. The van der Waals surface area contributed by atoms with Gasteiger partial charge >= 0.3 is 0 Å². The second-order valence-corrected chi connectivity index (χ2v) is 11.1. The number of aromatic amines is 1. The smallest absolute Gasteiger partial charge is 0.273 e. The molecule has 0 spiro atoms. The SMILES string of the molecule is CCCCCCCCCCCCCC(=N)Oc1cccc(C(=O)Nc2cc(=O)n(-c3c(Cl)cc(Cl)cc3Cl)[nH]2)c1. The van der Waals surface area contributed by atoms with Gasteiger partial charge in [0.1, 0.15) is 17.3 Å². The van der Waals surface area contributed by atoms with Gasteiger partial charge in [-0.25, -0.2) is 4.68 Å². The van der Waals surface area contributed by atoms with Crippen LogP contribution in [-0.4, -0.2) is 21.6 Å². The van der Waals surface area contributed by atoms with Gasteiger partial charge in [-0.05, 0) is 36.8 Å². The third kappa shape index (κ3) is 10.0. The van der Waals surface area contributed by atoms with Crippen LogP contribution in [0.1, 0.15) is 94.3 Å². The summed E-state index contributed by atoms with van der Waals surface area (Å²) < 4.78 is 6.80. The molecule has 0 bridgehead atoms. The Bertz CT molecular complexity index is 1310. The normalized spacial score (nSPS) is 11.0. The predicted octanol–water partition coefficient (Wildman–Crippen LogP) is 9.44. The van der Waals surface area contributed by atoms with E-state index in [0.717, 1.165) is 17.5 Å². The zero-order valence-electron chi connectivity index (χ0n) is 22.8. The zero-order chi connectivity index (χ0) is 28.9. The highest BCUT2D eigenvalue weighted by molar-refractivity contribution is 6.40. The number of H-pyrrole nitrogens is 1. The number of nitrogens with zero attached hydrogens (tertiary/aromatic N) is 1. The maximum atomic E-state index is 12.9. The number of amides is 1. The van der Waals surface area contributed by atoms with Crippen molar-refractivity contribution in [1.29, 1.82) is 5.41 Å². The van der Waals surface area contributed by atoms with Crippen LogP contribution in [-0.2, 0) is 0 Å². The Balaban J connectivity index is 1.45. The van der Waals surface area contributed by atoms with Crippen molar-refractivity contribution in [3.8, 4) is 11.4 Å². The minimum absolute atomic E-state index is 0.160. The lowest BCUT2D eigenvalue weighted by molar-refractivity contribution is 0.102. The second-order valence-electron chi connectivity index (χ2n) is 9.85. The average molecular weight is 608 g/mol. The monoisotopic (exact) mass is 606 g/mol. The predicted molar refractivity (Wildman–Crippen MR) is 165 cm³/mol. The van der Waals surface area contributed by atoms with Gasteiger partial charge in [0.05, 0.1) is 10.0 Å². The molecule has 0 aliphatic rings. The summed E-state index contributed by atoms with van der Waals surface area (Å²) in [4.78, 5) is 25.4. The van der Waals surface area contributed by atoms with Gasteiger partial charge in [-0.15, -0.1) is 0 Å². The highest BCUT2D eigenvalue weighted by atomic mass is 35.5. The third-order valence-corrected chi connectivity index (χ3v) is 7.31. The average Bonchev–Trinajstić information content (AvgIpc) is 3.25. The Morgan fingerprint density at radius 1 is 0.900 bits per heavy atom. The molecular formula is C30H37Cl3N4O3. The lowest BCUT2D eigenvalue weighted by Gasteiger charge is -2.10. The largest absolute Gasteiger partial charge is 0.444 e. The molecular weight excluding hydrogens is 571 g/mol. The van der Waals surface area contributed by atoms with Gasteiger partial charge in [0, 0.05) is 23.1 Å². The van der Waals surface area contributed by atoms with Crippen molar-refractivity contribution in [3.63, 3.8) is 0 Å². The molecule has 3 N–H and O–H groups in total. The molecule has 0 saturated heterocycles. The molecule has 7 nitrogen and oxygen atoms in total. The lowest BCUT2D eigenvalue weighted by Crippen LogP contribution is -2.15. The maximum Gasteiger partial charge on any atom is 0.273 e. The Labute approximate surface area is 250 Å². The van der Waals surface area contributed by atoms with Crippen molar-refractivity contribution in [2.24, 2.45) is 0 Å². The molecule has 0 aliphatic carbocycles. The first-order chi connectivity index (χ1) is 19.3. The van der Waals surface area contributed by atoms with Gasteiger partial charge in [0.25, 0.3) is 11.5 Å². The summed E-state index contributed by atoms with van der Waals surface area (Å²) in [5, 5.41) is 14.3. The number of hydrogen-bond acceptors (Lipinski definition) is 4. The standard InChI is InChI=1S/C30H37Cl3N4O3/c1-2-3-4-5-6-7-8-9-10-11-12-16-26(34)40-23-15-13-14-21(17-23)30(39)35-27-20-28(38)37(36-27)29-24(32)18-22(31)19-25(29)33/h13-15,17-20,34,36H,2-12,16H2,1H3,(H,35,39). The molecule has 0 fully saturated rings. The maximum absolute atomic E-state index is 12.9. The van der Waals surface area contributed by atoms with Crippen LogP contribution >= 0.6 is 34.8 Å². The van der Waals surface area contributed by atoms with Gasteiger partial charge in [-0.3, -0.25) is 20.1 Å². The molecule has 0 radical (unpaired) electrons. The van der Waals surface area contributed by atoms with E-state index < -0.39 is 11.5 Å². The van der Waals surface area contributed by atoms with Crippen molar-refractivity contribution in [2.45, 2.75) is 84.0 Å². The van der Waals surface area contributed by atoms with Gasteiger partial charge in [-0.1, -0.05) is 112 Å². The molecule has 1 amide bonds. The molecule has 0 aliphatic heterocycles. The summed E-state index contributed by atoms with van der Waals surface area (Å²) in [5.74, 6) is 0.287. The van der Waals surface area contributed by atoms with Crippen molar-refractivity contribution < 1.29 is 9.53 Å². The van der Waals surface area contributed by atoms with E-state index in [2.05, 4.69) is 17.3 Å². The fourth-order valence-corrected chi connectivity index (χ4v) is 5.40. The first kappa shape index (κ1) is 31.8. The number of halogens is 3. The highest BCUT2D eigenvalue weighted by Crippen LogP contribution is 2.31. The van der Waals surface area contributed by atoms with Crippen LogP contribution in [0, 0.1) is 5.41 Å². The van der Waals surface area contributed by atoms with Crippen LogP contribution in [0.4, 0.5) is 5.82 Å². The fourth-order valence-electron chi connectivity index (χ4n) is 4.41. The van der Waals surface area contributed by atoms with Crippen LogP contribution in [0.5, 0.6) is 5.75 Å². The summed E-state index contributed by atoms with van der Waals surface area (Å²) in [7, 11) is 0. The van der Waals surface area contributed by atoms with E-state index in [1.54, 1.807) is 24.3 Å². The molecule has 1 heterocycles. The number of unbranched alkanes of at least 4 members (excludes halogenated alkanes) is 10. The van der Waals surface area contributed by atoms with Crippen molar-refractivity contribution >= 4 is 52.4 Å². The number of nitrogens with one attached hydrogen (secondary N) is 3. The molecule has 40 heavy (non-hydrogen) atoms. The van der Waals surface area contributed by atoms with Gasteiger partial charge < -0.3 is 10.1 Å². The number of anilines is 1. The molecule has 3 rings (SSSR count). The van der Waals surface area contributed by atoms with Crippen molar-refractivity contribution in [2.75, 3.05) is 5.32 Å². The minimum atomic E-state index is -0.464. The first-order valence-electron chi connectivity index (χ1n) is 13.9. The molecule has 10 heteroatoms. The van der Waals surface area contributed by atoms with Crippen LogP contribution < -0.4 is 15.6 Å². The lowest BCUT2D eigenvalue weighted by atomic mass is 10.1. The van der Waals surface area contributed by atoms with E-state index in [1.165, 1.54) is 76.0 Å². The second kappa shape index (κ2) is 16.5. The van der Waals surface area contributed by atoms with Crippen LogP contribution in [0.3, 0.4) is 0 Å². The van der Waals surface area contributed by atoms with E-state index in [1.807, 2.05) is 0 Å². The number of benzene rings is 2. The molecule has 3 aromatic rings. The minimum Gasteiger partial charge on any atom is -0.444 e. The van der Waals surface area contributed by atoms with E-state index in [-0.39, 0.29) is 27.4 Å². The number of ether oxygens (including phenoxy) is 1. The van der Waals surface area contributed by atoms with Crippen LogP contribution in [0.15, 0.2) is 47.3 Å². The summed E-state index contributed by atoms with van der Waals surface area (Å²) in [5.41, 5.74) is 0.0791. The molecule has 0 unspecified atom stereocenters. The van der Waals surface area contributed by atoms with Gasteiger partial charge in [0.2, 0.25) is 0 Å². The Kier molecular flexibility index (Phi) is 13.1. The topological polar surface area (TPSA) is 100.0 Å². The molecule has 0 saturated carbocycles. The first-order valence-corrected chi connectivity index (χ1v) is 15.1. The Morgan fingerprint density at radius 2 is 1.50 bits per heavy atom. The zero-order valence-corrected chi connectivity index (χ0v) is 25.1. The number of hydrogen-bond donors (Lipinski definition) is 3. The number of aromatic nitrogens is 2. The number of rotatable bonds is 16. The molecule has 1 aromatic heterocycles. The van der Waals surface area contributed by atoms with Gasteiger partial charge in [0.15, 0.2) is 5.90 Å². The number of carbonyl (C=O) groups is 1. The quantitative estimate of drug-likeness (QED) is 0.0859. The van der Waals surface area contributed by atoms with E-state index in [4.69, 9.17) is 44.9 Å². The van der Waals surface area contributed by atoms with Crippen LogP contribution in [0.25, 0.3) is 5.69 Å². The van der Waals surface area contributed by atoms with E-state index in [0.29, 0.717) is 22.8 Å². The summed E-state index contributed by atoms with van der Waals surface area (Å²) in [6.07, 6.45) is 14.3. The Hall–Kier alpha value is -2.74. The summed E-state index contributed by atoms with van der Waals surface area (Å²) in [6.45, 7) is 2.24. The summed E-state index contributed by atoms with van der Waals surface area (Å²) >= 11 is 18.4. The van der Waals surface area contributed by atoms with E-state index >= 15 is 0 Å². The molecule has 0 atom stereocenters. The molecule has 2 aromatic carbocycles. The summed E-state index contributed by atoms with van der Waals surface area (Å²) in [6, 6.07) is 10.7. The van der Waals surface area contributed by atoms with Crippen molar-refractivity contribution in [1.82, 2.24) is 9.78 Å². The van der Waals surface area contributed by atoms with Crippen molar-refractivity contribution in [3.05, 3.63) is 73.4 Å².